The Labute approximate surface area is 98.8 Å². The van der Waals surface area contributed by atoms with Crippen LogP contribution in [0.25, 0.3) is 0 Å². The molecule has 0 heterocycles. The largest absolute Gasteiger partial charge is 0.353 e. The minimum absolute atomic E-state index is 0.0110. The minimum atomic E-state index is -0.0110. The van der Waals surface area contributed by atoms with Crippen LogP contribution in [0.4, 0.5) is 0 Å². The molecule has 0 aromatic carbocycles. The highest BCUT2D eigenvalue weighted by molar-refractivity contribution is 5.88. The van der Waals surface area contributed by atoms with Gasteiger partial charge in [-0.3, -0.25) is 4.79 Å². The van der Waals surface area contributed by atoms with Gasteiger partial charge in [0.05, 0.1) is 0 Å². The van der Waals surface area contributed by atoms with E-state index in [4.69, 9.17) is 5.73 Å². The molecule has 0 saturated heterocycles. The molecule has 0 aliphatic rings. The SMILES string of the molecule is CC(C)=CCC/C(C)=C/C(=O)NCCCN. The third-order valence-corrected chi connectivity index (χ3v) is 2.15. The molecule has 0 aromatic rings. The Kier molecular flexibility index (Phi) is 8.53. The van der Waals surface area contributed by atoms with Gasteiger partial charge in [0.15, 0.2) is 0 Å². The molecule has 0 saturated carbocycles. The fourth-order valence-corrected chi connectivity index (χ4v) is 1.25. The highest BCUT2D eigenvalue weighted by atomic mass is 16.1. The molecule has 3 heteroatoms. The molecule has 0 rings (SSSR count). The topological polar surface area (TPSA) is 55.1 Å². The second-order valence-electron chi connectivity index (χ2n) is 4.24. The molecule has 0 fully saturated rings. The van der Waals surface area contributed by atoms with Crippen LogP contribution < -0.4 is 11.1 Å². The Morgan fingerprint density at radius 1 is 1.31 bits per heavy atom. The summed E-state index contributed by atoms with van der Waals surface area (Å²) in [4.78, 5) is 11.4. The van der Waals surface area contributed by atoms with Crippen LogP contribution >= 0.6 is 0 Å². The maximum Gasteiger partial charge on any atom is 0.243 e. The van der Waals surface area contributed by atoms with Gasteiger partial charge >= 0.3 is 0 Å². The maximum atomic E-state index is 11.4. The van der Waals surface area contributed by atoms with Gasteiger partial charge < -0.3 is 11.1 Å². The zero-order chi connectivity index (χ0) is 12.4. The smallest absolute Gasteiger partial charge is 0.243 e. The van der Waals surface area contributed by atoms with Crippen molar-refractivity contribution in [2.75, 3.05) is 13.1 Å². The predicted octanol–water partition coefficient (Wildman–Crippen LogP) is 2.14. The number of hydrogen-bond acceptors (Lipinski definition) is 2. The highest BCUT2D eigenvalue weighted by Gasteiger charge is 1.96. The monoisotopic (exact) mass is 224 g/mol. The van der Waals surface area contributed by atoms with E-state index < -0.39 is 0 Å². The van der Waals surface area contributed by atoms with Crippen LogP contribution in [0.5, 0.6) is 0 Å². The summed E-state index contributed by atoms with van der Waals surface area (Å²) in [6, 6.07) is 0. The number of carbonyl (C=O) groups excluding carboxylic acids is 1. The molecule has 3 N–H and O–H groups in total. The zero-order valence-corrected chi connectivity index (χ0v) is 10.7. The van der Waals surface area contributed by atoms with Crippen LogP contribution in [-0.4, -0.2) is 19.0 Å². The highest BCUT2D eigenvalue weighted by Crippen LogP contribution is 2.06. The van der Waals surface area contributed by atoms with Crippen LogP contribution in [0.3, 0.4) is 0 Å². The molecule has 0 radical (unpaired) electrons. The zero-order valence-electron chi connectivity index (χ0n) is 10.7. The Balaban J connectivity index is 3.83. The van der Waals surface area contributed by atoms with E-state index in [2.05, 4.69) is 25.2 Å². The summed E-state index contributed by atoms with van der Waals surface area (Å²) in [6.45, 7) is 7.43. The van der Waals surface area contributed by atoms with Gasteiger partial charge in [0.1, 0.15) is 0 Å². The average molecular weight is 224 g/mol. The van der Waals surface area contributed by atoms with Crippen LogP contribution in [0.15, 0.2) is 23.3 Å². The number of carbonyl (C=O) groups is 1. The van der Waals surface area contributed by atoms with Gasteiger partial charge in [-0.2, -0.15) is 0 Å². The van der Waals surface area contributed by atoms with E-state index >= 15 is 0 Å². The van der Waals surface area contributed by atoms with Crippen molar-refractivity contribution in [1.29, 1.82) is 0 Å². The van der Waals surface area contributed by atoms with Crippen molar-refractivity contribution >= 4 is 5.91 Å². The average Bonchev–Trinajstić information content (AvgIpc) is 2.17. The fraction of sp³-hybridized carbons (Fsp3) is 0.615. The van der Waals surface area contributed by atoms with Gasteiger partial charge in [0, 0.05) is 12.6 Å². The number of allylic oxidation sites excluding steroid dienone is 3. The molecule has 0 unspecified atom stereocenters. The third-order valence-electron chi connectivity index (χ3n) is 2.15. The molecular formula is C13H24N2O. The first-order chi connectivity index (χ1) is 7.56. The Hall–Kier alpha value is -1.09. The summed E-state index contributed by atoms with van der Waals surface area (Å²) in [5.74, 6) is -0.0110. The molecule has 0 atom stereocenters. The van der Waals surface area contributed by atoms with E-state index in [0.29, 0.717) is 13.1 Å². The van der Waals surface area contributed by atoms with Gasteiger partial charge in [0.2, 0.25) is 5.91 Å². The first-order valence-corrected chi connectivity index (χ1v) is 5.84. The molecule has 0 aliphatic carbocycles. The predicted molar refractivity (Wildman–Crippen MR) is 69.1 cm³/mol. The quantitative estimate of drug-likeness (QED) is 0.395. The van der Waals surface area contributed by atoms with Gasteiger partial charge in [-0.1, -0.05) is 17.2 Å². The molecule has 0 aromatic heterocycles. The third kappa shape index (κ3) is 9.46. The van der Waals surface area contributed by atoms with Gasteiger partial charge in [-0.05, 0) is 46.6 Å². The van der Waals surface area contributed by atoms with Crippen molar-refractivity contribution in [3.8, 4) is 0 Å². The summed E-state index contributed by atoms with van der Waals surface area (Å²) < 4.78 is 0. The summed E-state index contributed by atoms with van der Waals surface area (Å²) in [5.41, 5.74) is 7.77. The van der Waals surface area contributed by atoms with Crippen molar-refractivity contribution in [2.24, 2.45) is 5.73 Å². The van der Waals surface area contributed by atoms with Gasteiger partial charge in [-0.15, -0.1) is 0 Å². The second kappa shape index (κ2) is 9.16. The van der Waals surface area contributed by atoms with Crippen LogP contribution in [-0.2, 0) is 4.79 Å². The Bertz CT molecular complexity index is 263. The van der Waals surface area contributed by atoms with Crippen LogP contribution in [0.1, 0.15) is 40.0 Å². The van der Waals surface area contributed by atoms with Crippen molar-refractivity contribution < 1.29 is 4.79 Å². The molecule has 16 heavy (non-hydrogen) atoms. The molecule has 0 aliphatic heterocycles. The van der Waals surface area contributed by atoms with E-state index in [1.54, 1.807) is 6.08 Å². The standard InChI is InChI=1S/C13H24N2O/c1-11(2)6-4-7-12(3)10-13(16)15-9-5-8-14/h6,10H,4-5,7-9,14H2,1-3H3,(H,15,16)/b12-10+. The number of amides is 1. The van der Waals surface area contributed by atoms with Crippen LogP contribution in [0, 0.1) is 0 Å². The second-order valence-corrected chi connectivity index (χ2v) is 4.24. The van der Waals surface area contributed by atoms with E-state index in [0.717, 1.165) is 24.8 Å². The van der Waals surface area contributed by atoms with E-state index in [-0.39, 0.29) is 5.91 Å². The Morgan fingerprint density at radius 3 is 2.56 bits per heavy atom. The molecule has 92 valence electrons. The number of nitrogens with two attached hydrogens (primary N) is 1. The Morgan fingerprint density at radius 2 is 2.00 bits per heavy atom. The van der Waals surface area contributed by atoms with Gasteiger partial charge in [0.25, 0.3) is 0 Å². The van der Waals surface area contributed by atoms with E-state index in [1.807, 2.05) is 6.92 Å². The fourth-order valence-electron chi connectivity index (χ4n) is 1.25. The van der Waals surface area contributed by atoms with Crippen molar-refractivity contribution in [2.45, 2.75) is 40.0 Å². The molecule has 3 nitrogen and oxygen atoms in total. The number of nitrogens with one attached hydrogen (secondary N) is 1. The molecule has 0 bridgehead atoms. The normalized spacial score (nSPS) is 11.1. The first-order valence-electron chi connectivity index (χ1n) is 5.84. The summed E-state index contributed by atoms with van der Waals surface area (Å²) in [7, 11) is 0. The van der Waals surface area contributed by atoms with Crippen molar-refractivity contribution in [3.05, 3.63) is 23.3 Å². The summed E-state index contributed by atoms with van der Waals surface area (Å²) >= 11 is 0. The lowest BCUT2D eigenvalue weighted by Crippen LogP contribution is -2.24. The summed E-state index contributed by atoms with van der Waals surface area (Å²) in [6.07, 6.45) is 6.63. The minimum Gasteiger partial charge on any atom is -0.353 e. The number of rotatable bonds is 7. The molecular weight excluding hydrogens is 200 g/mol. The molecule has 0 spiro atoms. The van der Waals surface area contributed by atoms with Crippen LogP contribution in [0.2, 0.25) is 0 Å². The lowest BCUT2D eigenvalue weighted by Gasteiger charge is -2.02. The number of hydrogen-bond donors (Lipinski definition) is 2. The van der Waals surface area contributed by atoms with E-state index in [9.17, 15) is 4.79 Å². The van der Waals surface area contributed by atoms with Gasteiger partial charge in [-0.25, -0.2) is 0 Å². The lowest BCUT2D eigenvalue weighted by atomic mass is 10.1. The van der Waals surface area contributed by atoms with E-state index in [1.165, 1.54) is 5.57 Å². The first kappa shape index (κ1) is 14.9. The van der Waals surface area contributed by atoms with Crippen molar-refractivity contribution in [1.82, 2.24) is 5.32 Å². The lowest BCUT2D eigenvalue weighted by molar-refractivity contribution is -0.116. The maximum absolute atomic E-state index is 11.4. The van der Waals surface area contributed by atoms with Crippen molar-refractivity contribution in [3.63, 3.8) is 0 Å². The molecule has 1 amide bonds. The summed E-state index contributed by atoms with van der Waals surface area (Å²) in [5, 5.41) is 2.80.